The van der Waals surface area contributed by atoms with Gasteiger partial charge >= 0.3 is 58.2 Å². The molecule has 0 bridgehead atoms. The maximum Gasteiger partial charge on any atom is 1.00 e. The van der Waals surface area contributed by atoms with Crippen LogP contribution in [0.5, 0.6) is 0 Å². The largest absolute Gasteiger partial charge is 1.00 e. The van der Waals surface area contributed by atoms with Crippen LogP contribution in [0.15, 0.2) is 0 Å². The zero-order chi connectivity index (χ0) is 10.1. The van der Waals surface area contributed by atoms with Gasteiger partial charge in [-0.3, -0.25) is 4.98 Å². The summed E-state index contributed by atoms with van der Waals surface area (Å²) in [5.74, 6) is 1.01. The van der Waals surface area contributed by atoms with Crippen LogP contribution in [0, 0.1) is 0 Å². The molecule has 0 atom stereocenters. The number of likely N-dealkylation sites (N-methyl/N-ethyl adjacent to an activating group) is 1. The van der Waals surface area contributed by atoms with Crippen LogP contribution in [0.4, 0.5) is 0 Å². The number of fused-ring (bicyclic) bond motifs is 1. The van der Waals surface area contributed by atoms with Crippen LogP contribution in [0.1, 0.15) is 24.1 Å². The number of rotatable bonds is 2. The molecule has 0 N–H and O–H groups in total. The van der Waals surface area contributed by atoms with Crippen molar-refractivity contribution in [1.29, 1.82) is 0 Å². The summed E-state index contributed by atoms with van der Waals surface area (Å²) in [6.07, 6.45) is 2.80. The second kappa shape index (κ2) is 5.82. The number of hydrogen-bond donors (Lipinski definition) is 0. The van der Waals surface area contributed by atoms with Crippen molar-refractivity contribution < 1.29 is 63.0 Å². The standard InChI is InChI=1S/C10H14N3O.Rb/c1-3-10-11-8(7-14)9-6-12(2)4-5-13(9)10;/h3-6H2,1-2H3;/q-1;+1. The molecule has 1 aromatic rings. The Morgan fingerprint density at radius 1 is 1.47 bits per heavy atom. The SMILES string of the molecule is CCc1nc([C-]=O)c2n1CCN(C)C2.[Rb+]. The van der Waals surface area contributed by atoms with E-state index in [9.17, 15) is 4.79 Å². The molecule has 0 spiro atoms. The molecule has 1 aromatic heterocycles. The van der Waals surface area contributed by atoms with Gasteiger partial charge in [0.05, 0.1) is 5.82 Å². The monoisotopic (exact) mass is 277 g/mol. The molecular formula is C10H14N3ORb. The number of carbonyl (C=O) groups excluding carboxylic acids is 1. The van der Waals surface area contributed by atoms with E-state index in [1.165, 1.54) is 0 Å². The fraction of sp³-hybridized carbons (Fsp3) is 0.600. The van der Waals surface area contributed by atoms with Gasteiger partial charge in [-0.2, -0.15) is 0 Å². The van der Waals surface area contributed by atoms with E-state index in [1.807, 2.05) is 6.29 Å². The van der Waals surface area contributed by atoms with Crippen molar-refractivity contribution in [2.45, 2.75) is 26.4 Å². The van der Waals surface area contributed by atoms with Crippen molar-refractivity contribution in [3.63, 3.8) is 0 Å². The Bertz CT molecular complexity index is 362. The maximum absolute atomic E-state index is 10.7. The first-order chi connectivity index (χ1) is 6.76. The van der Waals surface area contributed by atoms with Gasteiger partial charge in [-0.25, -0.2) is 0 Å². The Morgan fingerprint density at radius 2 is 2.20 bits per heavy atom. The van der Waals surface area contributed by atoms with Crippen molar-refractivity contribution >= 4 is 6.29 Å². The van der Waals surface area contributed by atoms with Crippen molar-refractivity contribution in [2.75, 3.05) is 13.6 Å². The molecule has 0 fully saturated rings. The summed E-state index contributed by atoms with van der Waals surface area (Å²) in [6.45, 7) is 4.82. The van der Waals surface area contributed by atoms with Crippen molar-refractivity contribution in [3.05, 3.63) is 17.2 Å². The van der Waals surface area contributed by atoms with Crippen molar-refractivity contribution in [3.8, 4) is 0 Å². The second-order valence-electron chi connectivity index (χ2n) is 3.67. The topological polar surface area (TPSA) is 38.1 Å². The van der Waals surface area contributed by atoms with E-state index in [2.05, 4.69) is 28.4 Å². The number of nitrogens with zero attached hydrogens (tertiary/aromatic N) is 3. The summed E-state index contributed by atoms with van der Waals surface area (Å²) in [4.78, 5) is 17.2. The molecule has 76 valence electrons. The molecule has 0 amide bonds. The van der Waals surface area contributed by atoms with Gasteiger partial charge in [0.2, 0.25) is 0 Å². The third-order valence-electron chi connectivity index (χ3n) is 2.69. The van der Waals surface area contributed by atoms with E-state index in [-0.39, 0.29) is 58.2 Å². The van der Waals surface area contributed by atoms with Crippen molar-refractivity contribution in [1.82, 2.24) is 14.5 Å². The van der Waals surface area contributed by atoms with E-state index in [1.54, 1.807) is 0 Å². The molecule has 1 aliphatic rings. The Hall–Kier alpha value is 0.645. The zero-order valence-corrected chi connectivity index (χ0v) is 14.5. The molecule has 0 saturated heterocycles. The average Bonchev–Trinajstić information content (AvgIpc) is 2.55. The van der Waals surface area contributed by atoms with Crippen LogP contribution in [-0.2, 0) is 24.3 Å². The minimum Gasteiger partial charge on any atom is -0.417 e. The predicted octanol–water partition coefficient (Wildman–Crippen LogP) is -2.65. The van der Waals surface area contributed by atoms with Gasteiger partial charge in [0.15, 0.2) is 0 Å². The van der Waals surface area contributed by atoms with Gasteiger partial charge in [-0.1, -0.05) is 12.6 Å². The smallest absolute Gasteiger partial charge is 0.417 e. The molecule has 0 saturated carbocycles. The van der Waals surface area contributed by atoms with E-state index in [0.29, 0.717) is 5.69 Å². The summed E-state index contributed by atoms with van der Waals surface area (Å²) in [5, 5.41) is 0. The molecule has 1 aliphatic heterocycles. The minimum atomic E-state index is 0. The fourth-order valence-electron chi connectivity index (χ4n) is 1.92. The molecular weight excluding hydrogens is 264 g/mol. The van der Waals surface area contributed by atoms with Gasteiger partial charge in [0, 0.05) is 25.8 Å². The summed E-state index contributed by atoms with van der Waals surface area (Å²) >= 11 is 0. The summed E-state index contributed by atoms with van der Waals surface area (Å²) in [6, 6.07) is 0. The molecule has 0 aromatic carbocycles. The molecule has 2 rings (SSSR count). The van der Waals surface area contributed by atoms with E-state index in [0.717, 1.165) is 37.6 Å². The fourth-order valence-corrected chi connectivity index (χ4v) is 1.92. The van der Waals surface area contributed by atoms with Crippen LogP contribution >= 0.6 is 0 Å². The number of hydrogen-bond acceptors (Lipinski definition) is 3. The summed E-state index contributed by atoms with van der Waals surface area (Å²) in [7, 11) is 2.05. The number of imidazole rings is 1. The average molecular weight is 278 g/mol. The minimum absolute atomic E-state index is 0. The van der Waals surface area contributed by atoms with Crippen LogP contribution < -0.4 is 58.2 Å². The summed E-state index contributed by atoms with van der Waals surface area (Å²) < 4.78 is 2.15. The second-order valence-corrected chi connectivity index (χ2v) is 3.67. The molecule has 5 heteroatoms. The van der Waals surface area contributed by atoms with Crippen molar-refractivity contribution in [2.24, 2.45) is 0 Å². The van der Waals surface area contributed by atoms with E-state index < -0.39 is 0 Å². The number of aromatic nitrogens is 2. The Balaban J connectivity index is 0.00000112. The Kier molecular flexibility index (Phi) is 5.32. The zero-order valence-electron chi connectivity index (χ0n) is 9.58. The van der Waals surface area contributed by atoms with Gasteiger partial charge in [0.25, 0.3) is 0 Å². The Labute approximate surface area is 139 Å². The maximum atomic E-state index is 10.7. The molecule has 2 heterocycles. The normalized spacial score (nSPS) is 15.6. The molecule has 4 nitrogen and oxygen atoms in total. The van der Waals surface area contributed by atoms with Gasteiger partial charge in [0.1, 0.15) is 0 Å². The Morgan fingerprint density at radius 3 is 2.80 bits per heavy atom. The van der Waals surface area contributed by atoms with Gasteiger partial charge < -0.3 is 14.3 Å². The molecule has 0 radical (unpaired) electrons. The molecule has 0 unspecified atom stereocenters. The first-order valence-corrected chi connectivity index (χ1v) is 4.91. The third-order valence-corrected chi connectivity index (χ3v) is 2.69. The first-order valence-electron chi connectivity index (χ1n) is 4.91. The molecule has 0 aliphatic carbocycles. The van der Waals surface area contributed by atoms with E-state index in [4.69, 9.17) is 0 Å². The van der Waals surface area contributed by atoms with Crippen LogP contribution in [0.3, 0.4) is 0 Å². The van der Waals surface area contributed by atoms with E-state index >= 15 is 0 Å². The first kappa shape index (κ1) is 13.7. The molecule has 15 heavy (non-hydrogen) atoms. The quantitative estimate of drug-likeness (QED) is 0.555. The van der Waals surface area contributed by atoms with Gasteiger partial charge in [-0.05, 0) is 19.3 Å². The van der Waals surface area contributed by atoms with Crippen LogP contribution in [0.2, 0.25) is 0 Å². The predicted molar refractivity (Wildman–Crippen MR) is 52.7 cm³/mol. The van der Waals surface area contributed by atoms with Gasteiger partial charge in [-0.15, -0.1) is 0 Å². The van der Waals surface area contributed by atoms with Crippen LogP contribution in [-0.4, -0.2) is 34.3 Å². The van der Waals surface area contributed by atoms with Crippen LogP contribution in [0.25, 0.3) is 0 Å². The third kappa shape index (κ3) is 2.66. The number of aryl methyl sites for hydroxylation is 1. The summed E-state index contributed by atoms with van der Waals surface area (Å²) in [5.41, 5.74) is 1.51.